The highest BCUT2D eigenvalue weighted by Gasteiger charge is 2.06. The highest BCUT2D eigenvalue weighted by atomic mass is 32.1. The van der Waals surface area contributed by atoms with Crippen molar-refractivity contribution in [2.24, 2.45) is 0 Å². The highest BCUT2D eigenvalue weighted by molar-refractivity contribution is 7.79. The van der Waals surface area contributed by atoms with Gasteiger partial charge in [0.05, 0.1) is 5.69 Å². The first-order chi connectivity index (χ1) is 21.4. The molecule has 8 aromatic rings. The summed E-state index contributed by atoms with van der Waals surface area (Å²) >= 11 is 4.94. The minimum Gasteiger partial charge on any atom is -0.324 e. The molecule has 8 aromatic heterocycles. The van der Waals surface area contributed by atoms with E-state index in [1.54, 1.807) is 5.37 Å². The van der Waals surface area contributed by atoms with Crippen molar-refractivity contribution < 1.29 is 0 Å². The Hall–Kier alpha value is -5.13. The van der Waals surface area contributed by atoms with E-state index in [1.165, 1.54) is 55.7 Å². The predicted octanol–water partition coefficient (Wildman–Crippen LogP) is 9.82. The van der Waals surface area contributed by atoms with Crippen LogP contribution in [0.25, 0.3) is 34.2 Å². The molecule has 0 unspecified atom stereocenters. The van der Waals surface area contributed by atoms with Crippen LogP contribution in [0.15, 0.2) is 128 Å². The van der Waals surface area contributed by atoms with Gasteiger partial charge in [0, 0.05) is 69.8 Å². The molecule has 0 N–H and O–H groups in total. The van der Waals surface area contributed by atoms with E-state index in [2.05, 4.69) is 161 Å². The van der Waals surface area contributed by atoms with Gasteiger partial charge < -0.3 is 17.6 Å². The van der Waals surface area contributed by atoms with E-state index in [4.69, 9.17) is 12.2 Å². The third-order valence-corrected chi connectivity index (χ3v) is 8.13. The molecule has 44 heavy (non-hydrogen) atoms. The first-order valence-electron chi connectivity index (χ1n) is 14.8. The summed E-state index contributed by atoms with van der Waals surface area (Å²) in [6, 6.07) is 33.6. The van der Waals surface area contributed by atoms with Gasteiger partial charge in [-0.3, -0.25) is 0 Å². The molecule has 8 rings (SSSR count). The molecule has 0 amide bonds. The lowest BCUT2D eigenvalue weighted by Gasteiger charge is -2.01. The molecule has 0 saturated heterocycles. The van der Waals surface area contributed by atoms with Crippen LogP contribution in [0, 0.1) is 27.7 Å². The number of hydrogen-bond acceptors (Lipinski definition) is 1. The van der Waals surface area contributed by atoms with Gasteiger partial charge in [0.25, 0.3) is 0 Å². The van der Waals surface area contributed by atoms with Gasteiger partial charge in [0.2, 0.25) is 0 Å². The maximum atomic E-state index is 4.94. The number of aryl methyl sites for hydroxylation is 4. The zero-order chi connectivity index (χ0) is 30.6. The van der Waals surface area contributed by atoms with E-state index in [0.29, 0.717) is 0 Å². The molecular formula is C39H36N4S. The molecule has 0 radical (unpaired) electrons. The van der Waals surface area contributed by atoms with E-state index in [1.807, 2.05) is 24.4 Å². The average Bonchev–Trinajstić information content (AvgIpc) is 3.76. The van der Waals surface area contributed by atoms with E-state index in [9.17, 15) is 0 Å². The van der Waals surface area contributed by atoms with Gasteiger partial charge >= 0.3 is 0 Å². The van der Waals surface area contributed by atoms with Crippen molar-refractivity contribution in [3.63, 3.8) is 0 Å². The van der Waals surface area contributed by atoms with Crippen molar-refractivity contribution in [2.45, 2.75) is 27.7 Å². The van der Waals surface area contributed by atoms with Crippen LogP contribution in [0.3, 0.4) is 0 Å². The summed E-state index contributed by atoms with van der Waals surface area (Å²) in [5, 5.41) is 1.72. The Morgan fingerprint density at radius 3 is 1.34 bits per heavy atom. The second-order valence-corrected chi connectivity index (χ2v) is 11.4. The SMILES string of the molecule is Cc1cc2ccccn2c1.Cc1cc2ccccn2c1/C=C/c1c(C)cc2ccccn12.Cc1cc2ccccn2c1C=S. The Bertz CT molecular complexity index is 2140. The Morgan fingerprint density at radius 2 is 0.886 bits per heavy atom. The summed E-state index contributed by atoms with van der Waals surface area (Å²) in [5.41, 5.74) is 13.6. The fourth-order valence-electron chi connectivity index (χ4n) is 5.77. The summed E-state index contributed by atoms with van der Waals surface area (Å²) in [5.74, 6) is 0. The zero-order valence-electron chi connectivity index (χ0n) is 25.6. The fourth-order valence-corrected chi connectivity index (χ4v) is 6.07. The molecule has 5 heteroatoms. The van der Waals surface area contributed by atoms with Crippen LogP contribution >= 0.6 is 12.2 Å². The topological polar surface area (TPSA) is 17.6 Å². The van der Waals surface area contributed by atoms with Gasteiger partial charge in [-0.2, -0.15) is 0 Å². The molecule has 0 aliphatic rings. The molecule has 0 aromatic carbocycles. The monoisotopic (exact) mass is 592 g/mol. The lowest BCUT2D eigenvalue weighted by molar-refractivity contribution is 1.15. The van der Waals surface area contributed by atoms with Gasteiger partial charge in [-0.25, -0.2) is 0 Å². The smallest absolute Gasteiger partial charge is 0.0592 e. The van der Waals surface area contributed by atoms with Crippen LogP contribution in [0.5, 0.6) is 0 Å². The minimum atomic E-state index is 1.11. The first-order valence-corrected chi connectivity index (χ1v) is 15.3. The Kier molecular flexibility index (Phi) is 8.31. The summed E-state index contributed by atoms with van der Waals surface area (Å²) in [6.45, 7) is 8.50. The number of rotatable bonds is 3. The third-order valence-electron chi connectivity index (χ3n) is 7.91. The Labute approximate surface area is 263 Å². The average molecular weight is 593 g/mol. The Balaban J connectivity index is 0.000000131. The number of fused-ring (bicyclic) bond motifs is 4. The molecule has 0 aliphatic carbocycles. The number of nitrogens with zero attached hydrogens (tertiary/aromatic N) is 4. The van der Waals surface area contributed by atoms with Crippen molar-refractivity contribution in [3.05, 3.63) is 167 Å². The van der Waals surface area contributed by atoms with Crippen LogP contribution in [-0.4, -0.2) is 23.0 Å². The molecule has 8 heterocycles. The second kappa shape index (κ2) is 12.6. The summed E-state index contributed by atoms with van der Waals surface area (Å²) in [7, 11) is 0. The summed E-state index contributed by atoms with van der Waals surface area (Å²) < 4.78 is 8.69. The van der Waals surface area contributed by atoms with E-state index < -0.39 is 0 Å². The zero-order valence-corrected chi connectivity index (χ0v) is 26.4. The molecule has 0 fully saturated rings. The molecule has 4 nitrogen and oxygen atoms in total. The van der Waals surface area contributed by atoms with Crippen LogP contribution in [0.1, 0.15) is 39.3 Å². The normalized spacial score (nSPS) is 11.2. The van der Waals surface area contributed by atoms with Crippen molar-refractivity contribution in [1.82, 2.24) is 17.6 Å². The number of thiocarbonyl (C=S) groups is 1. The van der Waals surface area contributed by atoms with E-state index in [0.717, 1.165) is 5.69 Å². The first kappa shape index (κ1) is 29.0. The van der Waals surface area contributed by atoms with E-state index >= 15 is 0 Å². The number of hydrogen-bond donors (Lipinski definition) is 0. The van der Waals surface area contributed by atoms with Crippen LogP contribution in [0.4, 0.5) is 0 Å². The van der Waals surface area contributed by atoms with Gasteiger partial charge in [-0.1, -0.05) is 36.5 Å². The maximum Gasteiger partial charge on any atom is 0.0592 e. The van der Waals surface area contributed by atoms with Gasteiger partial charge in [-0.15, -0.1) is 0 Å². The summed E-state index contributed by atoms with van der Waals surface area (Å²) in [4.78, 5) is 0. The molecule has 0 saturated carbocycles. The van der Waals surface area contributed by atoms with Crippen molar-refractivity contribution in [1.29, 1.82) is 0 Å². The van der Waals surface area contributed by atoms with Crippen molar-refractivity contribution in [3.8, 4) is 0 Å². The molecule has 0 aliphatic heterocycles. The molecule has 0 spiro atoms. The van der Waals surface area contributed by atoms with Gasteiger partial charge in [-0.05, 0) is 135 Å². The lowest BCUT2D eigenvalue weighted by Crippen LogP contribution is -1.89. The molecule has 0 atom stereocenters. The third kappa shape index (κ3) is 5.87. The molecule has 0 bridgehead atoms. The predicted molar refractivity (Wildman–Crippen MR) is 190 cm³/mol. The van der Waals surface area contributed by atoms with Crippen molar-refractivity contribution >= 4 is 51.8 Å². The number of pyridine rings is 4. The quantitative estimate of drug-likeness (QED) is 0.187. The van der Waals surface area contributed by atoms with Crippen LogP contribution in [0.2, 0.25) is 0 Å². The standard InChI is InChI=1S/C20H18N2.C10H9NS.C9H9N/c1-15-13-17-7-3-5-11-21(17)19(15)9-10-20-16(2)14-18-8-4-6-12-22(18)20;1-8-6-9-4-2-3-5-11(9)10(8)7-12;1-8-6-9-4-2-3-5-10(9)7-8/h3-14H,1-2H3;2-7H,1H3;2-7H,1H3/b10-9+;;. The minimum absolute atomic E-state index is 1.11. The molecular weight excluding hydrogens is 557 g/mol. The van der Waals surface area contributed by atoms with Crippen LogP contribution < -0.4 is 0 Å². The lowest BCUT2D eigenvalue weighted by atomic mass is 10.2. The summed E-state index contributed by atoms with van der Waals surface area (Å²) in [6.07, 6.45) is 14.9. The highest BCUT2D eigenvalue weighted by Crippen LogP contribution is 2.22. The van der Waals surface area contributed by atoms with Gasteiger partial charge in [0.15, 0.2) is 0 Å². The maximum absolute atomic E-state index is 4.94. The fraction of sp³-hybridized carbons (Fsp3) is 0.103. The molecule has 218 valence electrons. The van der Waals surface area contributed by atoms with Crippen LogP contribution in [-0.2, 0) is 0 Å². The second-order valence-electron chi connectivity index (χ2n) is 11.1. The number of aromatic nitrogens is 4. The Morgan fingerprint density at radius 1 is 0.477 bits per heavy atom. The van der Waals surface area contributed by atoms with Gasteiger partial charge in [0.1, 0.15) is 0 Å². The largest absolute Gasteiger partial charge is 0.324 e. The van der Waals surface area contributed by atoms with Crippen molar-refractivity contribution in [2.75, 3.05) is 0 Å². The van der Waals surface area contributed by atoms with E-state index in [-0.39, 0.29) is 0 Å².